The molecule has 1 amide bonds. The van der Waals surface area contributed by atoms with E-state index in [1.54, 1.807) is 24.3 Å². The summed E-state index contributed by atoms with van der Waals surface area (Å²) in [5, 5.41) is 2.57. The van der Waals surface area contributed by atoms with Crippen LogP contribution in [0.2, 0.25) is 0 Å². The average Bonchev–Trinajstić information content (AvgIpc) is 2.43. The normalized spacial score (nSPS) is 9.95. The maximum atomic E-state index is 12.0. The largest absolute Gasteiger partial charge is 0.479 e. The third-order valence-corrected chi connectivity index (χ3v) is 2.39. The number of methoxy groups -OCH3 is 1. The number of nitrogens with zero attached hydrogens (tertiary/aromatic N) is 2. The molecule has 2 rings (SSSR count). The molecule has 0 saturated carbocycles. The number of nitrogens with one attached hydrogen (secondary N) is 1. The monoisotopic (exact) mass is 259 g/mol. The van der Waals surface area contributed by atoms with Gasteiger partial charge in [-0.05, 0) is 12.1 Å². The molecule has 0 bridgehead atoms. The first kappa shape index (κ1) is 12.6. The highest BCUT2D eigenvalue weighted by Crippen LogP contribution is 2.26. The van der Waals surface area contributed by atoms with Crippen LogP contribution in [0.4, 0.5) is 17.5 Å². The Morgan fingerprint density at radius 1 is 1.21 bits per heavy atom. The molecule has 1 aromatic heterocycles. The van der Waals surface area contributed by atoms with E-state index in [2.05, 4.69) is 15.3 Å². The summed E-state index contributed by atoms with van der Waals surface area (Å²) in [6.45, 7) is 0. The maximum absolute atomic E-state index is 12.0. The van der Waals surface area contributed by atoms with E-state index in [9.17, 15) is 4.79 Å². The Kier molecular flexibility index (Phi) is 3.46. The molecule has 0 radical (unpaired) electrons. The van der Waals surface area contributed by atoms with Crippen LogP contribution in [-0.2, 0) is 0 Å². The third kappa shape index (κ3) is 2.71. The molecule has 0 aliphatic carbocycles. The Bertz CT molecular complexity index is 601. The van der Waals surface area contributed by atoms with Crippen molar-refractivity contribution in [1.82, 2.24) is 9.97 Å². The number of amides is 1. The van der Waals surface area contributed by atoms with Crippen molar-refractivity contribution in [2.45, 2.75) is 0 Å². The zero-order valence-corrected chi connectivity index (χ0v) is 10.3. The highest BCUT2D eigenvalue weighted by atomic mass is 16.5. The highest BCUT2D eigenvalue weighted by molar-refractivity contribution is 6.05. The standard InChI is InChI=1S/C12H13N5O2/c1-19-11-8(13)9(16-12(14)17-11)15-10(18)7-5-3-2-4-6-7/h2-6H,13H2,1H3,(H3,14,15,16,17,18). The number of carbonyl (C=O) groups excluding carboxylic acids is 1. The minimum absolute atomic E-state index is 0.0330. The molecule has 1 heterocycles. The second kappa shape index (κ2) is 5.21. The van der Waals surface area contributed by atoms with Crippen molar-refractivity contribution in [2.24, 2.45) is 0 Å². The topological polar surface area (TPSA) is 116 Å². The van der Waals surface area contributed by atoms with Gasteiger partial charge in [0.2, 0.25) is 11.8 Å². The number of benzene rings is 1. The minimum Gasteiger partial charge on any atom is -0.479 e. The van der Waals surface area contributed by atoms with Gasteiger partial charge in [0.25, 0.3) is 5.91 Å². The Morgan fingerprint density at radius 3 is 2.53 bits per heavy atom. The zero-order valence-electron chi connectivity index (χ0n) is 10.3. The van der Waals surface area contributed by atoms with E-state index in [0.717, 1.165) is 0 Å². The van der Waals surface area contributed by atoms with Crippen LogP contribution in [0.15, 0.2) is 30.3 Å². The fraction of sp³-hybridized carbons (Fsp3) is 0.0833. The molecule has 0 fully saturated rings. The molecular formula is C12H13N5O2. The Labute approximate surface area is 109 Å². The lowest BCUT2D eigenvalue weighted by molar-refractivity contribution is 0.102. The summed E-state index contributed by atoms with van der Waals surface area (Å²) in [6.07, 6.45) is 0. The number of nitrogens with two attached hydrogens (primary N) is 2. The van der Waals surface area contributed by atoms with E-state index in [4.69, 9.17) is 16.2 Å². The Balaban J connectivity index is 2.29. The first-order valence-corrected chi connectivity index (χ1v) is 5.45. The molecule has 0 spiro atoms. The number of carbonyl (C=O) groups is 1. The molecule has 7 nitrogen and oxygen atoms in total. The number of ether oxygens (including phenoxy) is 1. The number of anilines is 3. The number of hydrogen-bond donors (Lipinski definition) is 3. The van der Waals surface area contributed by atoms with E-state index in [0.29, 0.717) is 5.56 Å². The van der Waals surface area contributed by atoms with E-state index < -0.39 is 0 Å². The summed E-state index contributed by atoms with van der Waals surface area (Å²) in [5.41, 5.74) is 11.9. The lowest BCUT2D eigenvalue weighted by Gasteiger charge is -2.10. The molecule has 1 aromatic carbocycles. The summed E-state index contributed by atoms with van der Waals surface area (Å²) >= 11 is 0. The van der Waals surface area contributed by atoms with Crippen molar-refractivity contribution in [2.75, 3.05) is 23.9 Å². The van der Waals surface area contributed by atoms with Gasteiger partial charge < -0.3 is 21.5 Å². The van der Waals surface area contributed by atoms with Crippen LogP contribution in [0.5, 0.6) is 5.88 Å². The van der Waals surface area contributed by atoms with E-state index in [1.807, 2.05) is 6.07 Å². The van der Waals surface area contributed by atoms with Gasteiger partial charge in [0.15, 0.2) is 5.82 Å². The average molecular weight is 259 g/mol. The number of aromatic nitrogens is 2. The summed E-state index contributed by atoms with van der Waals surface area (Å²) in [5.74, 6) is -0.129. The van der Waals surface area contributed by atoms with Crippen molar-refractivity contribution in [3.8, 4) is 5.88 Å². The second-order valence-corrected chi connectivity index (χ2v) is 3.67. The summed E-state index contributed by atoms with van der Waals surface area (Å²) in [7, 11) is 1.40. The lowest BCUT2D eigenvalue weighted by atomic mass is 10.2. The van der Waals surface area contributed by atoms with Crippen molar-refractivity contribution < 1.29 is 9.53 Å². The van der Waals surface area contributed by atoms with Gasteiger partial charge in [-0.15, -0.1) is 0 Å². The number of hydrogen-bond acceptors (Lipinski definition) is 6. The summed E-state index contributed by atoms with van der Waals surface area (Å²) < 4.78 is 4.95. The Morgan fingerprint density at radius 2 is 1.89 bits per heavy atom. The molecule has 5 N–H and O–H groups in total. The number of nitrogen functional groups attached to an aromatic ring is 2. The van der Waals surface area contributed by atoms with Gasteiger partial charge in [0, 0.05) is 5.56 Å². The van der Waals surface area contributed by atoms with Gasteiger partial charge in [0.05, 0.1) is 7.11 Å². The van der Waals surface area contributed by atoms with Gasteiger partial charge in [-0.1, -0.05) is 18.2 Å². The first-order chi connectivity index (χ1) is 9.11. The van der Waals surface area contributed by atoms with Crippen molar-refractivity contribution in [3.05, 3.63) is 35.9 Å². The van der Waals surface area contributed by atoms with Crippen LogP contribution in [-0.4, -0.2) is 23.0 Å². The van der Waals surface area contributed by atoms with Crippen LogP contribution in [0.25, 0.3) is 0 Å². The third-order valence-electron chi connectivity index (χ3n) is 2.39. The summed E-state index contributed by atoms with van der Waals surface area (Å²) in [6, 6.07) is 8.68. The van der Waals surface area contributed by atoms with Crippen LogP contribution in [0.1, 0.15) is 10.4 Å². The fourth-order valence-electron chi connectivity index (χ4n) is 1.49. The van der Waals surface area contributed by atoms with Gasteiger partial charge in [-0.3, -0.25) is 4.79 Å². The van der Waals surface area contributed by atoms with E-state index >= 15 is 0 Å². The molecule has 0 saturated heterocycles. The van der Waals surface area contributed by atoms with Crippen LogP contribution in [0, 0.1) is 0 Å². The van der Waals surface area contributed by atoms with Gasteiger partial charge in [0.1, 0.15) is 5.69 Å². The SMILES string of the molecule is COc1nc(N)nc(NC(=O)c2ccccc2)c1N. The smallest absolute Gasteiger partial charge is 0.256 e. The van der Waals surface area contributed by atoms with Crippen molar-refractivity contribution in [1.29, 1.82) is 0 Å². The molecule has 0 unspecified atom stereocenters. The van der Waals surface area contributed by atoms with Gasteiger partial charge >= 0.3 is 0 Å². The highest BCUT2D eigenvalue weighted by Gasteiger charge is 2.14. The molecule has 19 heavy (non-hydrogen) atoms. The van der Waals surface area contributed by atoms with E-state index in [1.165, 1.54) is 7.11 Å². The predicted octanol–water partition coefficient (Wildman–Crippen LogP) is 0.902. The quantitative estimate of drug-likeness (QED) is 0.754. The second-order valence-electron chi connectivity index (χ2n) is 3.67. The fourth-order valence-corrected chi connectivity index (χ4v) is 1.49. The Hall–Kier alpha value is -2.83. The lowest BCUT2D eigenvalue weighted by Crippen LogP contribution is -2.16. The molecule has 7 heteroatoms. The number of rotatable bonds is 3. The van der Waals surface area contributed by atoms with Crippen molar-refractivity contribution in [3.63, 3.8) is 0 Å². The minimum atomic E-state index is -0.340. The molecule has 2 aromatic rings. The molecule has 0 atom stereocenters. The van der Waals surface area contributed by atoms with Crippen LogP contribution >= 0.6 is 0 Å². The first-order valence-electron chi connectivity index (χ1n) is 5.45. The van der Waals surface area contributed by atoms with Gasteiger partial charge in [-0.25, -0.2) is 0 Å². The molecule has 0 aliphatic heterocycles. The maximum Gasteiger partial charge on any atom is 0.256 e. The molecule has 0 aliphatic rings. The van der Waals surface area contributed by atoms with E-state index in [-0.39, 0.29) is 29.2 Å². The van der Waals surface area contributed by atoms with Gasteiger partial charge in [-0.2, -0.15) is 9.97 Å². The van der Waals surface area contributed by atoms with Crippen LogP contribution < -0.4 is 21.5 Å². The zero-order chi connectivity index (χ0) is 13.8. The predicted molar refractivity (Wildman–Crippen MR) is 71.8 cm³/mol. The molecular weight excluding hydrogens is 246 g/mol. The molecule has 98 valence electrons. The van der Waals surface area contributed by atoms with Crippen LogP contribution in [0.3, 0.4) is 0 Å². The van der Waals surface area contributed by atoms with Crippen molar-refractivity contribution >= 4 is 23.4 Å². The summed E-state index contributed by atoms with van der Waals surface area (Å²) in [4.78, 5) is 19.6.